The highest BCUT2D eigenvalue weighted by Crippen LogP contribution is 2.16. The molecule has 2 rings (SSSR count). The first-order valence-electron chi connectivity index (χ1n) is 3.80. The fourth-order valence-corrected chi connectivity index (χ4v) is 1.13. The summed E-state index contributed by atoms with van der Waals surface area (Å²) in [6.07, 6.45) is 1.52. The summed E-state index contributed by atoms with van der Waals surface area (Å²) in [6.45, 7) is 0. The molecule has 0 bridgehead atoms. The lowest BCUT2D eigenvalue weighted by atomic mass is 10.3. The summed E-state index contributed by atoms with van der Waals surface area (Å²) in [7, 11) is 0. The lowest BCUT2D eigenvalue weighted by molar-refractivity contribution is 0.424. The van der Waals surface area contributed by atoms with Gasteiger partial charge >= 0.3 is 0 Å². The molecular weight excluding hydrogens is 225 g/mol. The highest BCUT2D eigenvalue weighted by molar-refractivity contribution is 6.30. The number of pyridine rings is 1. The lowest BCUT2D eigenvalue weighted by Crippen LogP contribution is -1.83. The van der Waals surface area contributed by atoms with Gasteiger partial charge in [-0.15, -0.1) is 11.6 Å². The quantitative estimate of drug-likeness (QED) is 0.743. The molecule has 0 spiro atoms. The first-order valence-corrected chi connectivity index (χ1v) is 4.71. The van der Waals surface area contributed by atoms with Crippen molar-refractivity contribution in [2.24, 2.45) is 0 Å². The minimum atomic E-state index is 0.219. The Hall–Kier alpha value is -1.13. The fraction of sp³-hybridized carbons (Fsp3) is 0.125. The molecule has 72 valence electrons. The summed E-state index contributed by atoms with van der Waals surface area (Å²) >= 11 is 11.2. The van der Waals surface area contributed by atoms with Crippen LogP contribution in [0.3, 0.4) is 0 Å². The van der Waals surface area contributed by atoms with Crippen molar-refractivity contribution in [1.29, 1.82) is 0 Å². The van der Waals surface area contributed by atoms with Gasteiger partial charge < -0.3 is 4.52 Å². The number of aromatic nitrogens is 3. The minimum absolute atomic E-state index is 0.219. The van der Waals surface area contributed by atoms with Crippen molar-refractivity contribution >= 4 is 23.2 Å². The van der Waals surface area contributed by atoms with Gasteiger partial charge in [0.25, 0.3) is 5.89 Å². The number of alkyl halides is 1. The predicted molar refractivity (Wildman–Crippen MR) is 52.1 cm³/mol. The van der Waals surface area contributed by atoms with E-state index in [1.54, 1.807) is 12.1 Å². The van der Waals surface area contributed by atoms with Gasteiger partial charge in [0.05, 0.1) is 10.9 Å². The number of hydrogen-bond donors (Lipinski definition) is 0. The second kappa shape index (κ2) is 3.94. The molecule has 0 aliphatic rings. The maximum absolute atomic E-state index is 5.68. The highest BCUT2D eigenvalue weighted by atomic mass is 35.5. The Morgan fingerprint density at radius 2 is 2.21 bits per heavy atom. The molecule has 2 heterocycles. The maximum atomic E-state index is 5.68. The van der Waals surface area contributed by atoms with Crippen molar-refractivity contribution in [1.82, 2.24) is 15.1 Å². The van der Waals surface area contributed by atoms with Gasteiger partial charge in [0.15, 0.2) is 5.82 Å². The average molecular weight is 230 g/mol. The summed E-state index contributed by atoms with van der Waals surface area (Å²) in [5, 5.41) is 4.20. The Bertz CT molecular complexity index is 426. The van der Waals surface area contributed by atoms with Crippen LogP contribution >= 0.6 is 23.2 Å². The highest BCUT2D eigenvalue weighted by Gasteiger charge is 2.08. The zero-order chi connectivity index (χ0) is 9.97. The third-order valence-corrected chi connectivity index (χ3v) is 2.00. The number of nitrogens with zero attached hydrogens (tertiary/aromatic N) is 3. The fourth-order valence-electron chi connectivity index (χ4n) is 0.915. The SMILES string of the molecule is ClCc1noc(-c2ccc(Cl)cn2)n1. The Kier molecular flexibility index (Phi) is 2.65. The summed E-state index contributed by atoms with van der Waals surface area (Å²) in [5.74, 6) is 1.01. The summed E-state index contributed by atoms with van der Waals surface area (Å²) in [4.78, 5) is 8.04. The molecule has 2 aromatic rings. The van der Waals surface area contributed by atoms with Crippen LogP contribution in [0.5, 0.6) is 0 Å². The molecule has 0 fully saturated rings. The van der Waals surface area contributed by atoms with Crippen LogP contribution in [0.15, 0.2) is 22.9 Å². The topological polar surface area (TPSA) is 51.8 Å². The molecule has 0 radical (unpaired) electrons. The van der Waals surface area contributed by atoms with E-state index in [1.807, 2.05) is 0 Å². The molecule has 14 heavy (non-hydrogen) atoms. The molecule has 0 amide bonds. The first kappa shape index (κ1) is 9.43. The second-order valence-corrected chi connectivity index (χ2v) is 3.21. The Balaban J connectivity index is 2.34. The van der Waals surface area contributed by atoms with Gasteiger partial charge in [-0.05, 0) is 12.1 Å². The molecule has 0 atom stereocenters. The molecule has 0 saturated heterocycles. The molecule has 0 unspecified atom stereocenters. The normalized spacial score (nSPS) is 10.4. The van der Waals surface area contributed by atoms with E-state index in [9.17, 15) is 0 Å². The van der Waals surface area contributed by atoms with Gasteiger partial charge in [-0.3, -0.25) is 0 Å². The van der Waals surface area contributed by atoms with Gasteiger partial charge in [-0.25, -0.2) is 4.98 Å². The Morgan fingerprint density at radius 1 is 1.36 bits per heavy atom. The van der Waals surface area contributed by atoms with Crippen molar-refractivity contribution < 1.29 is 4.52 Å². The lowest BCUT2D eigenvalue weighted by Gasteiger charge is -1.91. The van der Waals surface area contributed by atoms with E-state index in [1.165, 1.54) is 6.20 Å². The van der Waals surface area contributed by atoms with Crippen molar-refractivity contribution in [2.45, 2.75) is 5.88 Å². The van der Waals surface area contributed by atoms with Crippen LogP contribution in [0.25, 0.3) is 11.6 Å². The van der Waals surface area contributed by atoms with Gasteiger partial charge in [0, 0.05) is 6.20 Å². The van der Waals surface area contributed by atoms with Crippen LogP contribution in [-0.2, 0) is 5.88 Å². The zero-order valence-corrected chi connectivity index (χ0v) is 8.46. The average Bonchev–Trinajstić information content (AvgIpc) is 2.67. The predicted octanol–water partition coefficient (Wildman–Crippen LogP) is 2.52. The summed E-state index contributed by atoms with van der Waals surface area (Å²) < 4.78 is 4.93. The van der Waals surface area contributed by atoms with E-state index < -0.39 is 0 Å². The van der Waals surface area contributed by atoms with Crippen LogP contribution in [0.1, 0.15) is 5.82 Å². The van der Waals surface area contributed by atoms with Crippen LogP contribution in [0.2, 0.25) is 5.02 Å². The molecule has 2 aromatic heterocycles. The van der Waals surface area contributed by atoms with E-state index in [2.05, 4.69) is 15.1 Å². The van der Waals surface area contributed by atoms with E-state index in [0.717, 1.165) is 0 Å². The second-order valence-electron chi connectivity index (χ2n) is 2.51. The molecule has 6 heteroatoms. The van der Waals surface area contributed by atoms with Crippen LogP contribution < -0.4 is 0 Å². The zero-order valence-electron chi connectivity index (χ0n) is 6.94. The van der Waals surface area contributed by atoms with Crippen LogP contribution in [-0.4, -0.2) is 15.1 Å². The van der Waals surface area contributed by atoms with Gasteiger partial charge in [-0.2, -0.15) is 4.98 Å². The van der Waals surface area contributed by atoms with Crippen LogP contribution in [0, 0.1) is 0 Å². The molecule has 0 saturated carbocycles. The van der Waals surface area contributed by atoms with E-state index in [4.69, 9.17) is 27.7 Å². The maximum Gasteiger partial charge on any atom is 0.276 e. The Labute approximate surface area is 89.9 Å². The van der Waals surface area contributed by atoms with Gasteiger partial charge in [-0.1, -0.05) is 16.8 Å². The Morgan fingerprint density at radius 3 is 2.79 bits per heavy atom. The smallest absolute Gasteiger partial charge is 0.276 e. The number of rotatable bonds is 2. The molecule has 4 nitrogen and oxygen atoms in total. The summed E-state index contributed by atoms with van der Waals surface area (Å²) in [6, 6.07) is 3.41. The largest absolute Gasteiger partial charge is 0.332 e. The van der Waals surface area contributed by atoms with E-state index in [-0.39, 0.29) is 5.88 Å². The summed E-state index contributed by atoms with van der Waals surface area (Å²) in [5.41, 5.74) is 0.582. The third kappa shape index (κ3) is 1.86. The van der Waals surface area contributed by atoms with E-state index in [0.29, 0.717) is 22.4 Å². The number of hydrogen-bond acceptors (Lipinski definition) is 4. The van der Waals surface area contributed by atoms with Crippen molar-refractivity contribution in [3.8, 4) is 11.6 Å². The van der Waals surface area contributed by atoms with Gasteiger partial charge in [0.2, 0.25) is 0 Å². The third-order valence-electron chi connectivity index (χ3n) is 1.53. The van der Waals surface area contributed by atoms with Crippen LogP contribution in [0.4, 0.5) is 0 Å². The van der Waals surface area contributed by atoms with Crippen molar-refractivity contribution in [3.05, 3.63) is 29.2 Å². The van der Waals surface area contributed by atoms with E-state index >= 15 is 0 Å². The standard InChI is InChI=1S/C8H5Cl2N3O/c9-3-7-12-8(14-13-7)6-2-1-5(10)4-11-6/h1-2,4H,3H2. The number of halogens is 2. The van der Waals surface area contributed by atoms with Crippen molar-refractivity contribution in [2.75, 3.05) is 0 Å². The molecule has 0 N–H and O–H groups in total. The van der Waals surface area contributed by atoms with Crippen molar-refractivity contribution in [3.63, 3.8) is 0 Å². The molecule has 0 aliphatic carbocycles. The molecule has 0 aliphatic heterocycles. The molecular formula is C8H5Cl2N3O. The molecule has 0 aromatic carbocycles. The van der Waals surface area contributed by atoms with Gasteiger partial charge in [0.1, 0.15) is 5.69 Å². The minimum Gasteiger partial charge on any atom is -0.332 e. The first-order chi connectivity index (χ1) is 6.79. The monoisotopic (exact) mass is 229 g/mol.